The Morgan fingerprint density at radius 3 is 2.69 bits per heavy atom. The molecular weight excluding hydrogens is 318 g/mol. The van der Waals surface area contributed by atoms with Gasteiger partial charge < -0.3 is 10.6 Å². The first kappa shape index (κ1) is 19.1. The van der Waals surface area contributed by atoms with Crippen molar-refractivity contribution in [2.45, 2.75) is 25.2 Å². The van der Waals surface area contributed by atoms with Crippen LogP contribution < -0.4 is 10.6 Å². The zero-order valence-electron chi connectivity index (χ0n) is 15.9. The van der Waals surface area contributed by atoms with Gasteiger partial charge in [-0.2, -0.15) is 0 Å². The van der Waals surface area contributed by atoms with Crippen LogP contribution in [0.25, 0.3) is 0 Å². The lowest BCUT2D eigenvalue weighted by atomic mass is 9.85. The molecule has 1 aliphatic carbocycles. The minimum atomic E-state index is 0.488. The van der Waals surface area contributed by atoms with E-state index in [0.717, 1.165) is 52.2 Å². The van der Waals surface area contributed by atoms with Gasteiger partial charge in [-0.25, -0.2) is 0 Å². The van der Waals surface area contributed by atoms with E-state index >= 15 is 0 Å². The highest BCUT2D eigenvalue weighted by Crippen LogP contribution is 2.30. The smallest absolute Gasteiger partial charge is 0.0203 e. The van der Waals surface area contributed by atoms with Crippen LogP contribution in [-0.4, -0.2) is 50.7 Å². The van der Waals surface area contributed by atoms with Crippen LogP contribution in [0.5, 0.6) is 0 Å². The fourth-order valence-electron chi connectivity index (χ4n) is 3.86. The van der Waals surface area contributed by atoms with Gasteiger partial charge in [0.05, 0.1) is 0 Å². The Labute approximate surface area is 158 Å². The van der Waals surface area contributed by atoms with Crippen molar-refractivity contribution in [3.63, 3.8) is 0 Å². The van der Waals surface area contributed by atoms with Gasteiger partial charge in [0.25, 0.3) is 0 Å². The first-order chi connectivity index (χ1) is 12.8. The highest BCUT2D eigenvalue weighted by atomic mass is 15.2. The number of benzene rings is 1. The molecule has 0 bridgehead atoms. The lowest BCUT2D eigenvalue weighted by molar-refractivity contribution is 0.258. The SMILES string of the molecule is C=C(CNCCC(C1=CCCC=C1)c1ccccc1)CN1CCNCC1. The minimum absolute atomic E-state index is 0.488. The van der Waals surface area contributed by atoms with E-state index in [1.54, 1.807) is 0 Å². The molecule has 0 amide bonds. The van der Waals surface area contributed by atoms with Crippen molar-refractivity contribution < 1.29 is 0 Å². The number of piperazine rings is 1. The summed E-state index contributed by atoms with van der Waals surface area (Å²) in [7, 11) is 0. The molecule has 3 nitrogen and oxygen atoms in total. The fraction of sp³-hybridized carbons (Fsp3) is 0.478. The number of nitrogens with one attached hydrogen (secondary N) is 2. The van der Waals surface area contributed by atoms with E-state index in [0.29, 0.717) is 5.92 Å². The van der Waals surface area contributed by atoms with Crippen molar-refractivity contribution in [1.82, 2.24) is 15.5 Å². The van der Waals surface area contributed by atoms with Crippen molar-refractivity contribution in [1.29, 1.82) is 0 Å². The van der Waals surface area contributed by atoms with Crippen molar-refractivity contribution in [2.24, 2.45) is 0 Å². The Morgan fingerprint density at radius 2 is 1.96 bits per heavy atom. The third-order valence-electron chi connectivity index (χ3n) is 5.27. The molecule has 1 unspecified atom stereocenters. The van der Waals surface area contributed by atoms with E-state index in [4.69, 9.17) is 0 Å². The molecule has 140 valence electrons. The van der Waals surface area contributed by atoms with Crippen LogP contribution in [0, 0.1) is 0 Å². The summed E-state index contributed by atoms with van der Waals surface area (Å²) in [5, 5.41) is 7.02. The highest BCUT2D eigenvalue weighted by Gasteiger charge is 2.16. The summed E-state index contributed by atoms with van der Waals surface area (Å²) in [5.74, 6) is 0.488. The molecule has 0 saturated carbocycles. The molecule has 3 rings (SSSR count). The Morgan fingerprint density at radius 1 is 1.15 bits per heavy atom. The molecule has 1 aromatic carbocycles. The normalized spacial score (nSPS) is 19.2. The molecule has 0 spiro atoms. The van der Waals surface area contributed by atoms with Crippen molar-refractivity contribution >= 4 is 0 Å². The molecule has 1 heterocycles. The van der Waals surface area contributed by atoms with Gasteiger partial charge in [0.15, 0.2) is 0 Å². The van der Waals surface area contributed by atoms with Crippen LogP contribution >= 0.6 is 0 Å². The number of hydrogen-bond acceptors (Lipinski definition) is 3. The topological polar surface area (TPSA) is 27.3 Å². The summed E-state index contributed by atoms with van der Waals surface area (Å²) in [5.41, 5.74) is 4.19. The molecule has 2 N–H and O–H groups in total. The van der Waals surface area contributed by atoms with E-state index in [1.165, 1.54) is 29.6 Å². The Hall–Kier alpha value is -1.68. The molecule has 0 aromatic heterocycles. The lowest BCUT2D eigenvalue weighted by Crippen LogP contribution is -2.44. The van der Waals surface area contributed by atoms with Gasteiger partial charge in [0.1, 0.15) is 0 Å². The van der Waals surface area contributed by atoms with Gasteiger partial charge in [0.2, 0.25) is 0 Å². The second-order valence-corrected chi connectivity index (χ2v) is 7.39. The zero-order valence-corrected chi connectivity index (χ0v) is 15.9. The van der Waals surface area contributed by atoms with Crippen molar-refractivity contribution in [3.8, 4) is 0 Å². The van der Waals surface area contributed by atoms with E-state index in [2.05, 4.69) is 70.7 Å². The summed E-state index contributed by atoms with van der Waals surface area (Å²) in [4.78, 5) is 2.49. The maximum atomic E-state index is 4.27. The first-order valence-corrected chi connectivity index (χ1v) is 10.0. The fourth-order valence-corrected chi connectivity index (χ4v) is 3.86. The number of allylic oxidation sites excluding steroid dienone is 4. The van der Waals surface area contributed by atoms with Gasteiger partial charge in [-0.3, -0.25) is 4.90 Å². The monoisotopic (exact) mass is 351 g/mol. The van der Waals surface area contributed by atoms with Gasteiger partial charge in [0, 0.05) is 45.2 Å². The summed E-state index contributed by atoms with van der Waals surface area (Å²) in [6.45, 7) is 11.7. The maximum Gasteiger partial charge on any atom is 0.0203 e. The summed E-state index contributed by atoms with van der Waals surface area (Å²) < 4.78 is 0. The predicted molar refractivity (Wildman–Crippen MR) is 112 cm³/mol. The predicted octanol–water partition coefficient (Wildman–Crippen LogP) is 3.49. The molecule has 2 aliphatic rings. The van der Waals surface area contributed by atoms with E-state index < -0.39 is 0 Å². The van der Waals surface area contributed by atoms with Crippen LogP contribution in [-0.2, 0) is 0 Å². The average Bonchev–Trinajstić information content (AvgIpc) is 2.70. The molecule has 1 fully saturated rings. The molecule has 1 atom stereocenters. The Kier molecular flexibility index (Phi) is 7.68. The molecule has 0 radical (unpaired) electrons. The van der Waals surface area contributed by atoms with Crippen LogP contribution in [0.1, 0.15) is 30.7 Å². The maximum absolute atomic E-state index is 4.27. The van der Waals surface area contributed by atoms with E-state index in [1.807, 2.05) is 0 Å². The number of nitrogens with zero attached hydrogens (tertiary/aromatic N) is 1. The molecule has 1 saturated heterocycles. The molecule has 26 heavy (non-hydrogen) atoms. The summed E-state index contributed by atoms with van der Waals surface area (Å²) >= 11 is 0. The molecule has 3 heteroatoms. The highest BCUT2D eigenvalue weighted by molar-refractivity contribution is 5.36. The first-order valence-electron chi connectivity index (χ1n) is 10.0. The average molecular weight is 352 g/mol. The quantitative estimate of drug-likeness (QED) is 0.527. The van der Waals surface area contributed by atoms with E-state index in [9.17, 15) is 0 Å². The van der Waals surface area contributed by atoms with Crippen LogP contribution in [0.3, 0.4) is 0 Å². The minimum Gasteiger partial charge on any atom is -0.314 e. The zero-order chi connectivity index (χ0) is 18.0. The van der Waals surface area contributed by atoms with Crippen LogP contribution in [0.15, 0.2) is 66.3 Å². The Bertz CT molecular complexity index is 612. The molecule has 1 aromatic rings. The summed E-state index contributed by atoms with van der Waals surface area (Å²) in [6, 6.07) is 10.9. The van der Waals surface area contributed by atoms with Gasteiger partial charge >= 0.3 is 0 Å². The van der Waals surface area contributed by atoms with E-state index in [-0.39, 0.29) is 0 Å². The van der Waals surface area contributed by atoms with Gasteiger partial charge in [-0.05, 0) is 42.5 Å². The van der Waals surface area contributed by atoms with Crippen molar-refractivity contribution in [3.05, 3.63) is 71.8 Å². The molecule has 1 aliphatic heterocycles. The number of hydrogen-bond donors (Lipinski definition) is 2. The van der Waals surface area contributed by atoms with Gasteiger partial charge in [-0.15, -0.1) is 0 Å². The second kappa shape index (κ2) is 10.5. The largest absolute Gasteiger partial charge is 0.314 e. The second-order valence-electron chi connectivity index (χ2n) is 7.39. The van der Waals surface area contributed by atoms with Crippen LogP contribution in [0.4, 0.5) is 0 Å². The summed E-state index contributed by atoms with van der Waals surface area (Å²) in [6.07, 6.45) is 10.5. The lowest BCUT2D eigenvalue weighted by Gasteiger charge is -2.28. The number of rotatable bonds is 9. The Balaban J connectivity index is 1.46. The van der Waals surface area contributed by atoms with Crippen molar-refractivity contribution in [2.75, 3.05) is 45.8 Å². The van der Waals surface area contributed by atoms with Crippen LogP contribution in [0.2, 0.25) is 0 Å². The van der Waals surface area contributed by atoms with Gasteiger partial charge in [-0.1, -0.05) is 55.1 Å². The third kappa shape index (κ3) is 5.94. The third-order valence-corrected chi connectivity index (χ3v) is 5.27. The standard InChI is InChI=1S/C23H33N3/c1-20(19-26-16-14-24-15-17-26)18-25-13-12-23(21-8-4-2-5-9-21)22-10-6-3-7-11-22/h2,4-6,8-11,23-25H,1,3,7,12-19H2. The molecular formula is C23H33N3.